The predicted octanol–water partition coefficient (Wildman–Crippen LogP) is 7.16. The Hall–Kier alpha value is -4.35. The predicted molar refractivity (Wildman–Crippen MR) is 130 cm³/mol. The van der Waals surface area contributed by atoms with Crippen LogP contribution < -0.4 is 15.4 Å². The number of benzene rings is 3. The molecule has 0 aliphatic heterocycles. The summed E-state index contributed by atoms with van der Waals surface area (Å²) in [4.78, 5) is 11.8. The molecular weight excluding hydrogens is 512 g/mol. The van der Waals surface area contributed by atoms with E-state index in [2.05, 4.69) is 30.3 Å². The van der Waals surface area contributed by atoms with Crippen molar-refractivity contribution >= 4 is 17.6 Å². The van der Waals surface area contributed by atoms with Gasteiger partial charge in [0.15, 0.2) is 6.61 Å². The summed E-state index contributed by atoms with van der Waals surface area (Å²) in [6.45, 7) is 0.452. The first-order chi connectivity index (χ1) is 18.0. The fourth-order valence-corrected chi connectivity index (χ4v) is 3.45. The van der Waals surface area contributed by atoms with Gasteiger partial charge in [-0.15, -0.1) is 0 Å². The lowest BCUT2D eigenvalue weighted by Gasteiger charge is -2.14. The summed E-state index contributed by atoms with van der Waals surface area (Å²) < 4.78 is 82.0. The molecule has 0 bridgehead atoms. The van der Waals surface area contributed by atoms with Gasteiger partial charge in [0.1, 0.15) is 0 Å². The van der Waals surface area contributed by atoms with E-state index in [1.54, 1.807) is 0 Å². The lowest BCUT2D eigenvalue weighted by Crippen LogP contribution is -2.21. The smallest absolute Gasteiger partial charge is 0.422 e. The number of aryl methyl sites for hydroxylation is 1. The highest BCUT2D eigenvalue weighted by atomic mass is 19.4. The van der Waals surface area contributed by atoms with Gasteiger partial charge in [0.05, 0.1) is 5.56 Å². The lowest BCUT2D eigenvalue weighted by molar-refractivity contribution is -0.154. The number of hydrogen-bond donors (Lipinski definition) is 2. The molecule has 3 aromatic carbocycles. The first-order valence-corrected chi connectivity index (χ1v) is 11.2. The molecule has 0 aliphatic rings. The molecule has 0 radical (unpaired) electrons. The van der Waals surface area contributed by atoms with Crippen LogP contribution in [0.1, 0.15) is 16.7 Å². The molecule has 1 heterocycles. The van der Waals surface area contributed by atoms with Gasteiger partial charge in [-0.2, -0.15) is 41.3 Å². The maximum absolute atomic E-state index is 13.1. The number of aromatic nitrogens is 3. The average Bonchev–Trinajstić information content (AvgIpc) is 2.87. The zero-order valence-corrected chi connectivity index (χ0v) is 19.9. The second-order valence-corrected chi connectivity index (χ2v) is 8.23. The summed E-state index contributed by atoms with van der Waals surface area (Å²) in [6, 6.07) is 19.1. The highest BCUT2D eigenvalue weighted by Crippen LogP contribution is 2.31. The van der Waals surface area contributed by atoms with Gasteiger partial charge in [0.25, 0.3) is 0 Å². The number of ether oxygens (including phenoxy) is 1. The number of hydrogen-bond acceptors (Lipinski definition) is 6. The minimum Gasteiger partial charge on any atom is -0.454 e. The first-order valence-electron chi connectivity index (χ1n) is 11.2. The second-order valence-electron chi connectivity index (χ2n) is 8.23. The van der Waals surface area contributed by atoms with Gasteiger partial charge < -0.3 is 15.4 Å². The zero-order chi connectivity index (χ0) is 27.3. The van der Waals surface area contributed by atoms with Crippen LogP contribution >= 0.6 is 0 Å². The van der Waals surface area contributed by atoms with Crippen LogP contribution in [0, 0.1) is 6.92 Å². The molecule has 0 spiro atoms. The van der Waals surface area contributed by atoms with Crippen molar-refractivity contribution in [3.63, 3.8) is 0 Å². The molecule has 0 atom stereocenters. The Morgan fingerprint density at radius 2 is 1.50 bits per heavy atom. The van der Waals surface area contributed by atoms with E-state index in [1.807, 2.05) is 55.5 Å². The van der Waals surface area contributed by atoms with Crippen LogP contribution in [-0.4, -0.2) is 27.7 Å². The fourth-order valence-electron chi connectivity index (χ4n) is 3.45. The molecule has 0 aliphatic carbocycles. The summed E-state index contributed by atoms with van der Waals surface area (Å²) in [5.74, 6) is -0.426. The minimum absolute atomic E-state index is 0.0230. The third kappa shape index (κ3) is 7.34. The van der Waals surface area contributed by atoms with Gasteiger partial charge in [-0.3, -0.25) is 0 Å². The monoisotopic (exact) mass is 533 g/mol. The van der Waals surface area contributed by atoms with E-state index in [0.717, 1.165) is 34.4 Å². The normalized spacial score (nSPS) is 11.8. The Balaban J connectivity index is 1.59. The summed E-state index contributed by atoms with van der Waals surface area (Å²) >= 11 is 0. The first kappa shape index (κ1) is 26.7. The molecule has 2 N–H and O–H groups in total. The van der Waals surface area contributed by atoms with Crippen LogP contribution in [0.4, 0.5) is 43.9 Å². The third-order valence-corrected chi connectivity index (χ3v) is 5.32. The molecule has 4 aromatic rings. The van der Waals surface area contributed by atoms with Gasteiger partial charge in [-0.1, -0.05) is 48.5 Å². The van der Waals surface area contributed by atoms with Gasteiger partial charge >= 0.3 is 18.4 Å². The molecule has 0 fully saturated rings. The summed E-state index contributed by atoms with van der Waals surface area (Å²) in [5, 5.41) is 5.51. The molecule has 0 saturated carbocycles. The number of nitrogens with one attached hydrogen (secondary N) is 2. The standard InChI is InChI=1S/C26H21F6N5O/c1-16-10-11-18(17-6-3-2-4-7-17)12-19(16)14-33-22-35-23(37-24(36-22)38-15-25(27,28)29)34-21-9-5-8-20(13-21)26(30,31)32/h2-13H,14-15H2,1H3,(H2,33,34,35,36,37). The quantitative estimate of drug-likeness (QED) is 0.234. The van der Waals surface area contributed by atoms with E-state index in [0.29, 0.717) is 0 Å². The van der Waals surface area contributed by atoms with Crippen molar-refractivity contribution < 1.29 is 31.1 Å². The number of alkyl halides is 6. The Bertz CT molecular complexity index is 1390. The Labute approximate surface area is 213 Å². The van der Waals surface area contributed by atoms with Gasteiger partial charge in [-0.25, -0.2) is 0 Å². The molecule has 0 amide bonds. The van der Waals surface area contributed by atoms with E-state index in [-0.39, 0.29) is 24.1 Å². The van der Waals surface area contributed by atoms with Gasteiger partial charge in [-0.05, 0) is 53.4 Å². The van der Waals surface area contributed by atoms with Crippen molar-refractivity contribution in [2.75, 3.05) is 17.2 Å². The van der Waals surface area contributed by atoms with E-state index < -0.39 is 30.5 Å². The van der Waals surface area contributed by atoms with E-state index in [1.165, 1.54) is 12.1 Å². The Kier molecular flexibility index (Phi) is 7.70. The molecule has 1 aromatic heterocycles. The molecule has 0 saturated heterocycles. The highest BCUT2D eigenvalue weighted by molar-refractivity contribution is 5.65. The van der Waals surface area contributed by atoms with Crippen molar-refractivity contribution in [3.05, 3.63) is 89.5 Å². The molecule has 198 valence electrons. The van der Waals surface area contributed by atoms with Crippen molar-refractivity contribution in [1.82, 2.24) is 15.0 Å². The molecule has 6 nitrogen and oxygen atoms in total. The van der Waals surface area contributed by atoms with Crippen LogP contribution in [-0.2, 0) is 12.7 Å². The lowest BCUT2D eigenvalue weighted by atomic mass is 10.00. The Morgan fingerprint density at radius 3 is 2.21 bits per heavy atom. The van der Waals surface area contributed by atoms with Gasteiger partial charge in [0, 0.05) is 12.2 Å². The molecular formula is C26H21F6N5O. The topological polar surface area (TPSA) is 72.0 Å². The summed E-state index contributed by atoms with van der Waals surface area (Å²) in [5.41, 5.74) is 2.84. The van der Waals surface area contributed by atoms with E-state index in [9.17, 15) is 26.3 Å². The third-order valence-electron chi connectivity index (χ3n) is 5.32. The van der Waals surface area contributed by atoms with Crippen molar-refractivity contribution in [1.29, 1.82) is 0 Å². The SMILES string of the molecule is Cc1ccc(-c2ccccc2)cc1CNc1nc(Nc2cccc(C(F)(F)F)c2)nc(OCC(F)(F)F)n1. The highest BCUT2D eigenvalue weighted by Gasteiger charge is 2.31. The average molecular weight is 533 g/mol. The van der Waals surface area contributed by atoms with Crippen LogP contribution in [0.2, 0.25) is 0 Å². The number of rotatable bonds is 8. The van der Waals surface area contributed by atoms with E-state index in [4.69, 9.17) is 0 Å². The maximum Gasteiger partial charge on any atom is 0.422 e. The number of anilines is 3. The molecule has 38 heavy (non-hydrogen) atoms. The number of halogens is 6. The largest absolute Gasteiger partial charge is 0.454 e. The van der Waals surface area contributed by atoms with Crippen LogP contribution in [0.5, 0.6) is 6.01 Å². The summed E-state index contributed by atoms with van der Waals surface area (Å²) in [7, 11) is 0. The fraction of sp³-hybridized carbons (Fsp3) is 0.192. The van der Waals surface area contributed by atoms with Crippen LogP contribution in [0.3, 0.4) is 0 Å². The zero-order valence-electron chi connectivity index (χ0n) is 19.9. The molecule has 12 heteroatoms. The van der Waals surface area contributed by atoms with Crippen molar-refractivity contribution in [2.24, 2.45) is 0 Å². The van der Waals surface area contributed by atoms with Crippen LogP contribution in [0.15, 0.2) is 72.8 Å². The Morgan fingerprint density at radius 1 is 0.763 bits per heavy atom. The number of nitrogens with zero attached hydrogens (tertiary/aromatic N) is 3. The van der Waals surface area contributed by atoms with E-state index >= 15 is 0 Å². The summed E-state index contributed by atoms with van der Waals surface area (Å²) in [6.07, 6.45) is -9.24. The maximum atomic E-state index is 13.1. The minimum atomic E-state index is -4.65. The van der Waals surface area contributed by atoms with Gasteiger partial charge in [0.2, 0.25) is 11.9 Å². The van der Waals surface area contributed by atoms with Crippen molar-refractivity contribution in [3.8, 4) is 17.1 Å². The van der Waals surface area contributed by atoms with Crippen molar-refractivity contribution in [2.45, 2.75) is 25.8 Å². The molecule has 0 unspecified atom stereocenters. The molecule has 4 rings (SSSR count). The second kappa shape index (κ2) is 11.0. The van der Waals surface area contributed by atoms with Crippen LogP contribution in [0.25, 0.3) is 11.1 Å².